The van der Waals surface area contributed by atoms with Crippen molar-refractivity contribution in [1.29, 1.82) is 0 Å². The van der Waals surface area contributed by atoms with Gasteiger partial charge in [-0.05, 0) is 44.4 Å². The van der Waals surface area contributed by atoms with Gasteiger partial charge in [0.2, 0.25) is 0 Å². The fraction of sp³-hybridized carbons (Fsp3) is 0.500. The second-order valence-corrected chi connectivity index (χ2v) is 4.12. The molecule has 0 amide bonds. The van der Waals surface area contributed by atoms with E-state index in [0.29, 0.717) is 5.92 Å². The molecule has 0 rings (SSSR count). The highest BCUT2D eigenvalue weighted by molar-refractivity contribution is 5.17. The van der Waals surface area contributed by atoms with E-state index in [-0.39, 0.29) is 0 Å². The Morgan fingerprint density at radius 2 is 2.06 bits per heavy atom. The monoisotopic (exact) mass is 233 g/mol. The summed E-state index contributed by atoms with van der Waals surface area (Å²) in [5.74, 6) is 0.595. The highest BCUT2D eigenvalue weighted by Gasteiger charge is 1.95. The van der Waals surface area contributed by atoms with E-state index in [0.717, 1.165) is 25.0 Å². The molecule has 0 radical (unpaired) electrons. The Bertz CT molecular complexity index is 271. The number of nitrogens with one attached hydrogen (secondary N) is 1. The predicted octanol–water partition coefficient (Wildman–Crippen LogP) is 4.95. The Morgan fingerprint density at radius 3 is 2.59 bits per heavy atom. The predicted molar refractivity (Wildman–Crippen MR) is 78.7 cm³/mol. The summed E-state index contributed by atoms with van der Waals surface area (Å²) in [6.07, 6.45) is 17.2. The maximum Gasteiger partial charge on any atom is 0.0333 e. The lowest BCUT2D eigenvalue weighted by atomic mass is 10.0. The largest absolute Gasteiger partial charge is 0.362 e. The molecule has 0 aromatic rings. The van der Waals surface area contributed by atoms with E-state index in [2.05, 4.69) is 50.0 Å². The van der Waals surface area contributed by atoms with Crippen LogP contribution in [0.2, 0.25) is 0 Å². The molecule has 0 aliphatic rings. The smallest absolute Gasteiger partial charge is 0.0333 e. The van der Waals surface area contributed by atoms with E-state index in [9.17, 15) is 0 Å². The first-order valence-corrected chi connectivity index (χ1v) is 6.65. The van der Waals surface area contributed by atoms with Crippen LogP contribution in [0.1, 0.15) is 46.5 Å². The molecule has 0 saturated carbocycles. The lowest BCUT2D eigenvalue weighted by molar-refractivity contribution is 0.638. The molecular formula is C16H27N. The molecule has 0 aromatic carbocycles. The first kappa shape index (κ1) is 15.8. The van der Waals surface area contributed by atoms with Gasteiger partial charge in [-0.15, -0.1) is 6.58 Å². The van der Waals surface area contributed by atoms with Gasteiger partial charge in [0.05, 0.1) is 0 Å². The standard InChI is InChI=1S/C16H27N/c1-5-9-10-13-16(8-4)17-14-11-12-15(6-2)7-3/h6,8,10-11,13-15,17H,2,5,7,9,12H2,1,3-4H3/b13-10-,14-11+,16-8+. The SMILES string of the molecule is C=CC(CC)C/C=C/NC(/C=C\CCC)=C/C. The van der Waals surface area contributed by atoms with Crippen LogP contribution in [-0.4, -0.2) is 0 Å². The van der Waals surface area contributed by atoms with Crippen LogP contribution in [0.15, 0.2) is 48.9 Å². The highest BCUT2D eigenvalue weighted by Crippen LogP contribution is 2.09. The summed E-state index contributed by atoms with van der Waals surface area (Å²) in [5, 5.41) is 3.29. The molecule has 1 nitrogen and oxygen atoms in total. The Balaban J connectivity index is 3.98. The third kappa shape index (κ3) is 8.56. The van der Waals surface area contributed by atoms with Crippen molar-refractivity contribution in [2.24, 2.45) is 5.92 Å². The molecule has 1 heteroatoms. The van der Waals surface area contributed by atoms with Gasteiger partial charge in [-0.25, -0.2) is 0 Å². The molecule has 96 valence electrons. The minimum atomic E-state index is 0.595. The van der Waals surface area contributed by atoms with Crippen molar-refractivity contribution in [1.82, 2.24) is 5.32 Å². The van der Waals surface area contributed by atoms with Gasteiger partial charge in [-0.1, -0.05) is 44.6 Å². The zero-order valence-electron chi connectivity index (χ0n) is 11.6. The van der Waals surface area contributed by atoms with Gasteiger partial charge in [0.1, 0.15) is 0 Å². The Hall–Kier alpha value is -1.24. The Labute approximate surface area is 107 Å². The summed E-state index contributed by atoms with van der Waals surface area (Å²) < 4.78 is 0. The van der Waals surface area contributed by atoms with E-state index in [1.165, 1.54) is 6.42 Å². The Kier molecular flexibility index (Phi) is 10.4. The third-order valence-corrected chi connectivity index (χ3v) is 2.73. The summed E-state index contributed by atoms with van der Waals surface area (Å²) in [5.41, 5.74) is 1.15. The van der Waals surface area contributed by atoms with Gasteiger partial charge < -0.3 is 5.32 Å². The van der Waals surface area contributed by atoms with Gasteiger partial charge in [0.25, 0.3) is 0 Å². The van der Waals surface area contributed by atoms with Crippen LogP contribution in [0.5, 0.6) is 0 Å². The van der Waals surface area contributed by atoms with Crippen LogP contribution in [0.25, 0.3) is 0 Å². The van der Waals surface area contributed by atoms with E-state index in [4.69, 9.17) is 0 Å². The number of allylic oxidation sites excluding steroid dienone is 5. The van der Waals surface area contributed by atoms with Crippen molar-refractivity contribution >= 4 is 0 Å². The summed E-state index contributed by atoms with van der Waals surface area (Å²) in [6.45, 7) is 10.3. The molecule has 0 aliphatic heterocycles. The van der Waals surface area contributed by atoms with Gasteiger partial charge in [0, 0.05) is 5.70 Å². The van der Waals surface area contributed by atoms with Gasteiger partial charge in [-0.3, -0.25) is 0 Å². The summed E-state index contributed by atoms with van der Waals surface area (Å²) in [6, 6.07) is 0. The molecule has 1 atom stereocenters. The first-order valence-electron chi connectivity index (χ1n) is 6.65. The van der Waals surface area contributed by atoms with Crippen LogP contribution >= 0.6 is 0 Å². The lowest BCUT2D eigenvalue weighted by Crippen LogP contribution is -2.02. The average molecular weight is 233 g/mol. The maximum absolute atomic E-state index is 3.83. The molecule has 0 aliphatic carbocycles. The quantitative estimate of drug-likeness (QED) is 0.439. The maximum atomic E-state index is 3.83. The molecule has 0 saturated heterocycles. The summed E-state index contributed by atoms with van der Waals surface area (Å²) in [4.78, 5) is 0. The number of rotatable bonds is 9. The van der Waals surface area contributed by atoms with E-state index in [1.807, 2.05) is 19.2 Å². The van der Waals surface area contributed by atoms with Crippen LogP contribution in [-0.2, 0) is 0 Å². The summed E-state index contributed by atoms with van der Waals surface area (Å²) in [7, 11) is 0. The van der Waals surface area contributed by atoms with Crippen LogP contribution in [0.4, 0.5) is 0 Å². The number of hydrogen-bond donors (Lipinski definition) is 1. The second-order valence-electron chi connectivity index (χ2n) is 4.12. The topological polar surface area (TPSA) is 12.0 Å². The molecule has 0 fully saturated rings. The van der Waals surface area contributed by atoms with Crippen molar-refractivity contribution in [3.63, 3.8) is 0 Å². The molecule has 0 heterocycles. The van der Waals surface area contributed by atoms with Crippen molar-refractivity contribution in [2.45, 2.75) is 46.5 Å². The third-order valence-electron chi connectivity index (χ3n) is 2.73. The van der Waals surface area contributed by atoms with Crippen molar-refractivity contribution < 1.29 is 0 Å². The lowest BCUT2D eigenvalue weighted by Gasteiger charge is -2.05. The van der Waals surface area contributed by atoms with E-state index >= 15 is 0 Å². The minimum Gasteiger partial charge on any atom is -0.362 e. The molecule has 1 N–H and O–H groups in total. The highest BCUT2D eigenvalue weighted by atomic mass is 14.8. The van der Waals surface area contributed by atoms with E-state index < -0.39 is 0 Å². The van der Waals surface area contributed by atoms with Gasteiger partial charge in [-0.2, -0.15) is 0 Å². The van der Waals surface area contributed by atoms with Crippen molar-refractivity contribution in [2.75, 3.05) is 0 Å². The average Bonchev–Trinajstić information content (AvgIpc) is 2.37. The molecule has 0 bridgehead atoms. The molecular weight excluding hydrogens is 206 g/mol. The zero-order valence-corrected chi connectivity index (χ0v) is 11.6. The van der Waals surface area contributed by atoms with Crippen LogP contribution in [0, 0.1) is 5.92 Å². The van der Waals surface area contributed by atoms with Gasteiger partial charge >= 0.3 is 0 Å². The first-order chi connectivity index (χ1) is 8.28. The minimum absolute atomic E-state index is 0.595. The van der Waals surface area contributed by atoms with Crippen LogP contribution in [0.3, 0.4) is 0 Å². The van der Waals surface area contributed by atoms with Crippen LogP contribution < -0.4 is 5.32 Å². The molecule has 1 unspecified atom stereocenters. The Morgan fingerprint density at radius 1 is 1.29 bits per heavy atom. The van der Waals surface area contributed by atoms with Gasteiger partial charge in [0.15, 0.2) is 0 Å². The fourth-order valence-electron chi connectivity index (χ4n) is 1.43. The zero-order chi connectivity index (χ0) is 12.9. The molecule has 0 aromatic heterocycles. The normalized spacial score (nSPS) is 14.4. The van der Waals surface area contributed by atoms with Crippen molar-refractivity contribution in [3.8, 4) is 0 Å². The number of unbranched alkanes of at least 4 members (excludes halogenated alkanes) is 1. The number of hydrogen-bond acceptors (Lipinski definition) is 1. The van der Waals surface area contributed by atoms with Crippen molar-refractivity contribution in [3.05, 3.63) is 48.9 Å². The molecule has 17 heavy (non-hydrogen) atoms. The summed E-state index contributed by atoms with van der Waals surface area (Å²) >= 11 is 0. The fourth-order valence-corrected chi connectivity index (χ4v) is 1.43. The van der Waals surface area contributed by atoms with E-state index in [1.54, 1.807) is 0 Å². The molecule has 0 spiro atoms. The second kappa shape index (κ2) is 11.3.